The number of unbranched alkanes of at least 4 members (excludes halogenated alkanes) is 8. The van der Waals surface area contributed by atoms with Gasteiger partial charge in [-0.05, 0) is 64.6 Å². The Morgan fingerprint density at radius 1 is 0.769 bits per heavy atom. The SMILES string of the molecule is COC(=O)CCCCCCC/C=C/C/C=C/CCCCCO[Si](C)(C)C. The van der Waals surface area contributed by atoms with E-state index in [0.29, 0.717) is 6.42 Å². The Morgan fingerprint density at radius 3 is 1.88 bits per heavy atom. The summed E-state index contributed by atoms with van der Waals surface area (Å²) < 4.78 is 10.5. The summed E-state index contributed by atoms with van der Waals surface area (Å²) in [6, 6.07) is 0. The molecule has 0 radical (unpaired) electrons. The Bertz CT molecular complexity index is 383. The highest BCUT2D eigenvalue weighted by Gasteiger charge is 2.12. The lowest BCUT2D eigenvalue weighted by atomic mass is 10.1. The number of carbonyl (C=O) groups is 1. The van der Waals surface area contributed by atoms with E-state index in [4.69, 9.17) is 4.43 Å². The van der Waals surface area contributed by atoms with Crippen molar-refractivity contribution in [1.29, 1.82) is 0 Å². The van der Waals surface area contributed by atoms with Crippen molar-refractivity contribution in [3.8, 4) is 0 Å². The number of hydrogen-bond acceptors (Lipinski definition) is 3. The summed E-state index contributed by atoms with van der Waals surface area (Å²) in [4.78, 5) is 11.0. The first kappa shape index (κ1) is 25.1. The van der Waals surface area contributed by atoms with Gasteiger partial charge in [0.25, 0.3) is 0 Å². The van der Waals surface area contributed by atoms with Crippen LogP contribution in [0.3, 0.4) is 0 Å². The lowest BCUT2D eigenvalue weighted by molar-refractivity contribution is -0.140. The molecule has 0 aromatic heterocycles. The molecule has 0 atom stereocenters. The molecule has 152 valence electrons. The monoisotopic (exact) mass is 382 g/mol. The summed E-state index contributed by atoms with van der Waals surface area (Å²) in [6.07, 6.45) is 22.7. The molecule has 0 aliphatic carbocycles. The molecule has 0 saturated carbocycles. The first-order valence-electron chi connectivity index (χ1n) is 10.5. The standard InChI is InChI=1S/C22H42O3Si/c1-24-22(23)20-18-16-14-12-10-8-6-5-7-9-11-13-15-17-19-21-25-26(2,3)4/h5-6,9,11H,7-8,10,12-21H2,1-4H3/b6-5+,11-9+. The molecule has 0 unspecified atom stereocenters. The molecule has 26 heavy (non-hydrogen) atoms. The van der Waals surface area contributed by atoms with E-state index in [2.05, 4.69) is 48.7 Å². The smallest absolute Gasteiger partial charge is 0.305 e. The first-order valence-corrected chi connectivity index (χ1v) is 13.9. The van der Waals surface area contributed by atoms with Crippen molar-refractivity contribution in [3.63, 3.8) is 0 Å². The molecule has 0 spiro atoms. The number of esters is 1. The summed E-state index contributed by atoms with van der Waals surface area (Å²) in [7, 11) is 0.144. The Kier molecular flexibility index (Phi) is 16.9. The van der Waals surface area contributed by atoms with E-state index in [0.717, 1.165) is 25.9 Å². The molecule has 0 aromatic rings. The average Bonchev–Trinajstić information content (AvgIpc) is 2.59. The molecule has 0 fully saturated rings. The van der Waals surface area contributed by atoms with Crippen LogP contribution in [0, 0.1) is 0 Å². The fourth-order valence-corrected chi connectivity index (χ4v) is 3.35. The predicted octanol–water partition coefficient (Wildman–Crippen LogP) is 6.80. The van der Waals surface area contributed by atoms with E-state index in [1.165, 1.54) is 58.5 Å². The minimum Gasteiger partial charge on any atom is -0.469 e. The third-order valence-corrected chi connectivity index (χ3v) is 5.21. The predicted molar refractivity (Wildman–Crippen MR) is 115 cm³/mol. The number of allylic oxidation sites excluding steroid dienone is 4. The highest BCUT2D eigenvalue weighted by molar-refractivity contribution is 6.69. The lowest BCUT2D eigenvalue weighted by Crippen LogP contribution is -2.25. The first-order chi connectivity index (χ1) is 12.5. The average molecular weight is 383 g/mol. The van der Waals surface area contributed by atoms with Crippen molar-refractivity contribution in [3.05, 3.63) is 24.3 Å². The van der Waals surface area contributed by atoms with Crippen molar-refractivity contribution >= 4 is 14.3 Å². The van der Waals surface area contributed by atoms with Crippen LogP contribution in [0.25, 0.3) is 0 Å². The van der Waals surface area contributed by atoms with Crippen LogP contribution in [0.5, 0.6) is 0 Å². The highest BCUT2D eigenvalue weighted by Crippen LogP contribution is 2.09. The minimum atomic E-state index is -1.31. The normalized spacial score (nSPS) is 12.3. The van der Waals surface area contributed by atoms with E-state index in [-0.39, 0.29) is 5.97 Å². The molecule has 0 aliphatic heterocycles. The van der Waals surface area contributed by atoms with Crippen LogP contribution >= 0.6 is 0 Å². The van der Waals surface area contributed by atoms with Crippen LogP contribution in [0.4, 0.5) is 0 Å². The van der Waals surface area contributed by atoms with E-state index in [1.54, 1.807) is 0 Å². The summed E-state index contributed by atoms with van der Waals surface area (Å²) in [5, 5.41) is 0. The van der Waals surface area contributed by atoms with Crippen LogP contribution < -0.4 is 0 Å². The second-order valence-electron chi connectivity index (χ2n) is 7.87. The van der Waals surface area contributed by atoms with Crippen molar-refractivity contribution in [1.82, 2.24) is 0 Å². The van der Waals surface area contributed by atoms with Crippen molar-refractivity contribution < 1.29 is 14.0 Å². The van der Waals surface area contributed by atoms with Crippen LogP contribution in [0.15, 0.2) is 24.3 Å². The van der Waals surface area contributed by atoms with Gasteiger partial charge >= 0.3 is 5.97 Å². The zero-order valence-electron chi connectivity index (χ0n) is 17.7. The maximum atomic E-state index is 11.0. The molecule has 0 rings (SSSR count). The molecule has 0 aromatic carbocycles. The van der Waals surface area contributed by atoms with Gasteiger partial charge in [0.1, 0.15) is 0 Å². The van der Waals surface area contributed by atoms with Gasteiger partial charge in [-0.2, -0.15) is 0 Å². The van der Waals surface area contributed by atoms with Gasteiger partial charge in [-0.3, -0.25) is 4.79 Å². The van der Waals surface area contributed by atoms with Gasteiger partial charge in [0.15, 0.2) is 8.32 Å². The zero-order valence-corrected chi connectivity index (χ0v) is 18.7. The molecule has 0 aliphatic rings. The molecule has 0 amide bonds. The highest BCUT2D eigenvalue weighted by atomic mass is 28.4. The van der Waals surface area contributed by atoms with E-state index in [1.807, 2.05) is 0 Å². The third-order valence-electron chi connectivity index (χ3n) is 4.14. The Morgan fingerprint density at radius 2 is 1.31 bits per heavy atom. The zero-order chi connectivity index (χ0) is 19.5. The molecule has 0 saturated heterocycles. The van der Waals surface area contributed by atoms with Gasteiger partial charge < -0.3 is 9.16 Å². The molecular weight excluding hydrogens is 340 g/mol. The summed E-state index contributed by atoms with van der Waals surface area (Å²) >= 11 is 0. The number of rotatable bonds is 17. The lowest BCUT2D eigenvalue weighted by Gasteiger charge is -2.16. The quantitative estimate of drug-likeness (QED) is 0.120. The van der Waals surface area contributed by atoms with Crippen LogP contribution in [-0.4, -0.2) is 28.0 Å². The molecule has 4 heteroatoms. The molecule has 0 heterocycles. The molecule has 3 nitrogen and oxygen atoms in total. The second kappa shape index (κ2) is 17.5. The van der Waals surface area contributed by atoms with Crippen LogP contribution in [0.2, 0.25) is 19.6 Å². The molecular formula is C22H42O3Si. The van der Waals surface area contributed by atoms with Gasteiger partial charge in [0.05, 0.1) is 7.11 Å². The number of ether oxygens (including phenoxy) is 1. The summed E-state index contributed by atoms with van der Waals surface area (Å²) in [5.41, 5.74) is 0. The van der Waals surface area contributed by atoms with Crippen molar-refractivity contribution in [2.24, 2.45) is 0 Å². The van der Waals surface area contributed by atoms with E-state index < -0.39 is 8.32 Å². The second-order valence-corrected chi connectivity index (χ2v) is 12.4. The van der Waals surface area contributed by atoms with Crippen molar-refractivity contribution in [2.75, 3.05) is 13.7 Å². The maximum Gasteiger partial charge on any atom is 0.305 e. The fraction of sp³-hybridized carbons (Fsp3) is 0.773. The summed E-state index contributed by atoms with van der Waals surface area (Å²) in [6.45, 7) is 7.68. The fourth-order valence-electron chi connectivity index (χ4n) is 2.59. The van der Waals surface area contributed by atoms with Gasteiger partial charge in [0.2, 0.25) is 0 Å². The Labute approximate surface area is 163 Å². The third kappa shape index (κ3) is 21.2. The van der Waals surface area contributed by atoms with Gasteiger partial charge in [0, 0.05) is 13.0 Å². The number of carbonyl (C=O) groups excluding carboxylic acids is 1. The topological polar surface area (TPSA) is 35.5 Å². The van der Waals surface area contributed by atoms with Gasteiger partial charge in [-0.25, -0.2) is 0 Å². The number of methoxy groups -OCH3 is 1. The van der Waals surface area contributed by atoms with Gasteiger partial charge in [-0.15, -0.1) is 0 Å². The van der Waals surface area contributed by atoms with Crippen LogP contribution in [-0.2, 0) is 14.0 Å². The largest absolute Gasteiger partial charge is 0.469 e. The Balaban J connectivity index is 3.27. The Hall–Kier alpha value is -0.873. The van der Waals surface area contributed by atoms with E-state index in [9.17, 15) is 4.79 Å². The summed E-state index contributed by atoms with van der Waals surface area (Å²) in [5.74, 6) is -0.0861. The van der Waals surface area contributed by atoms with Crippen molar-refractivity contribution in [2.45, 2.75) is 96.7 Å². The maximum absolute atomic E-state index is 11.0. The van der Waals surface area contributed by atoms with Gasteiger partial charge in [-0.1, -0.05) is 50.0 Å². The number of hydrogen-bond donors (Lipinski definition) is 0. The van der Waals surface area contributed by atoms with Crippen LogP contribution in [0.1, 0.15) is 77.0 Å². The molecule has 0 N–H and O–H groups in total. The minimum absolute atomic E-state index is 0.0861. The molecule has 0 bridgehead atoms. The van der Waals surface area contributed by atoms with E-state index >= 15 is 0 Å².